The zero-order valence-corrected chi connectivity index (χ0v) is 20.7. The summed E-state index contributed by atoms with van der Waals surface area (Å²) in [4.78, 5) is 12.5. The molecular formula is C25H41NO4. The zero-order valence-electron chi connectivity index (χ0n) is 20.7. The van der Waals surface area contributed by atoms with E-state index in [4.69, 9.17) is 0 Å². The molecule has 0 spiro atoms. The molecule has 1 aliphatic rings. The summed E-state index contributed by atoms with van der Waals surface area (Å²) in [6.07, 6.45) is 1.13. The van der Waals surface area contributed by atoms with Gasteiger partial charge in [-0.2, -0.15) is 5.06 Å². The molecule has 1 aliphatic heterocycles. The van der Waals surface area contributed by atoms with Crippen LogP contribution in [0.25, 0.3) is 0 Å². The van der Waals surface area contributed by atoms with Gasteiger partial charge in [-0.05, 0) is 68.4 Å². The number of aromatic carboxylic acids is 1. The molecule has 1 fully saturated rings. The van der Waals surface area contributed by atoms with Gasteiger partial charge in [-0.1, -0.05) is 48.5 Å². The third-order valence-corrected chi connectivity index (χ3v) is 6.48. The minimum absolute atomic E-state index is 0.193. The fraction of sp³-hybridized carbons (Fsp3) is 0.720. The summed E-state index contributed by atoms with van der Waals surface area (Å²) >= 11 is 0. The highest BCUT2D eigenvalue weighted by molar-refractivity contribution is 5.92. The molecular weight excluding hydrogens is 378 g/mol. The summed E-state index contributed by atoms with van der Waals surface area (Å²) in [5.41, 5.74) is -0.219. The number of phenols is 1. The Kier molecular flexibility index (Phi) is 5.73. The molecule has 170 valence electrons. The first kappa shape index (κ1) is 24.7. The molecule has 0 radical (unpaired) electrons. The second kappa shape index (κ2) is 6.96. The van der Waals surface area contributed by atoms with Gasteiger partial charge >= 0.3 is 5.97 Å². The van der Waals surface area contributed by atoms with Crippen LogP contribution in [-0.2, 0) is 16.2 Å². The lowest BCUT2D eigenvalue weighted by molar-refractivity contribution is -0.253. The number of nitrogens with zero attached hydrogens (tertiary/aromatic N) is 1. The number of carboxylic acid groups (broad SMARTS) is 1. The van der Waals surface area contributed by atoms with Crippen molar-refractivity contribution in [3.63, 3.8) is 0 Å². The van der Waals surface area contributed by atoms with Crippen molar-refractivity contribution in [3.8, 4) is 5.75 Å². The van der Waals surface area contributed by atoms with Crippen LogP contribution in [0.15, 0.2) is 6.07 Å². The number of piperidine rings is 1. The number of aromatic hydroxyl groups is 1. The van der Waals surface area contributed by atoms with E-state index in [0.717, 1.165) is 0 Å². The Balaban J connectivity index is 3.01. The second-order valence-corrected chi connectivity index (χ2v) is 12.7. The molecule has 0 saturated carbocycles. The van der Waals surface area contributed by atoms with Crippen LogP contribution in [0.1, 0.15) is 116 Å². The largest absolute Gasteiger partial charge is 0.507 e. The summed E-state index contributed by atoms with van der Waals surface area (Å²) in [5, 5.41) is 33.9. The van der Waals surface area contributed by atoms with Crippen molar-refractivity contribution in [2.75, 3.05) is 0 Å². The van der Waals surface area contributed by atoms with Gasteiger partial charge in [0.2, 0.25) is 0 Å². The average molecular weight is 420 g/mol. The summed E-state index contributed by atoms with van der Waals surface area (Å²) in [6, 6.07) is 1.67. The summed E-state index contributed by atoms with van der Waals surface area (Å²) in [6.45, 7) is 22.0. The maximum atomic E-state index is 12.5. The highest BCUT2D eigenvalue weighted by Gasteiger charge is 2.53. The SMILES string of the molecule is CC(C)(C)c1cc(C(=O)O)c(C2(C)CC(C)(C)N(O)C(C)(C)C2)c(C(C)(C)C)c1O. The van der Waals surface area contributed by atoms with Gasteiger partial charge in [0.1, 0.15) is 5.75 Å². The Hall–Kier alpha value is -1.59. The van der Waals surface area contributed by atoms with Crippen molar-refractivity contribution in [3.05, 3.63) is 28.3 Å². The van der Waals surface area contributed by atoms with E-state index in [9.17, 15) is 20.2 Å². The van der Waals surface area contributed by atoms with Crippen LogP contribution in [0.3, 0.4) is 0 Å². The molecule has 5 heteroatoms. The second-order valence-electron chi connectivity index (χ2n) is 12.7. The van der Waals surface area contributed by atoms with Crippen LogP contribution in [0.5, 0.6) is 5.75 Å². The molecule has 0 unspecified atom stereocenters. The van der Waals surface area contributed by atoms with Gasteiger partial charge in [0.25, 0.3) is 0 Å². The normalized spacial score (nSPS) is 21.5. The smallest absolute Gasteiger partial charge is 0.336 e. The summed E-state index contributed by atoms with van der Waals surface area (Å²) in [5.74, 6) is -0.789. The predicted molar refractivity (Wildman–Crippen MR) is 121 cm³/mol. The molecule has 0 bridgehead atoms. The Labute approximate surface area is 182 Å². The molecule has 0 aromatic heterocycles. The van der Waals surface area contributed by atoms with Crippen LogP contribution < -0.4 is 0 Å². The number of hydrogen-bond acceptors (Lipinski definition) is 4. The van der Waals surface area contributed by atoms with Crippen molar-refractivity contribution in [1.29, 1.82) is 0 Å². The molecule has 30 heavy (non-hydrogen) atoms. The fourth-order valence-electron chi connectivity index (χ4n) is 5.89. The third-order valence-electron chi connectivity index (χ3n) is 6.48. The average Bonchev–Trinajstić information content (AvgIpc) is 2.48. The molecule has 1 saturated heterocycles. The number of carbonyl (C=O) groups is 1. The van der Waals surface area contributed by atoms with Gasteiger partial charge in [-0.25, -0.2) is 4.79 Å². The number of benzene rings is 1. The highest BCUT2D eigenvalue weighted by atomic mass is 16.5. The third kappa shape index (κ3) is 4.11. The molecule has 0 amide bonds. The maximum Gasteiger partial charge on any atom is 0.336 e. The van der Waals surface area contributed by atoms with E-state index in [2.05, 4.69) is 6.92 Å². The van der Waals surface area contributed by atoms with E-state index in [1.54, 1.807) is 6.07 Å². The number of hydrogen-bond donors (Lipinski definition) is 3. The highest BCUT2D eigenvalue weighted by Crippen LogP contribution is 2.54. The molecule has 1 heterocycles. The van der Waals surface area contributed by atoms with E-state index in [1.165, 1.54) is 5.06 Å². The van der Waals surface area contributed by atoms with E-state index in [-0.39, 0.29) is 11.3 Å². The maximum absolute atomic E-state index is 12.5. The van der Waals surface area contributed by atoms with E-state index >= 15 is 0 Å². The van der Waals surface area contributed by atoms with Crippen molar-refractivity contribution in [2.24, 2.45) is 0 Å². The Morgan fingerprint density at radius 1 is 0.933 bits per heavy atom. The van der Waals surface area contributed by atoms with Crippen LogP contribution in [0.4, 0.5) is 0 Å². The molecule has 0 aliphatic carbocycles. The van der Waals surface area contributed by atoms with E-state index in [1.807, 2.05) is 69.2 Å². The van der Waals surface area contributed by atoms with E-state index in [0.29, 0.717) is 29.5 Å². The number of phenolic OH excluding ortho intramolecular Hbond substituents is 1. The van der Waals surface area contributed by atoms with Gasteiger partial charge in [-0.15, -0.1) is 0 Å². The monoisotopic (exact) mass is 419 g/mol. The fourth-order valence-corrected chi connectivity index (χ4v) is 5.89. The van der Waals surface area contributed by atoms with Crippen LogP contribution in [-0.4, -0.2) is 37.5 Å². The lowest BCUT2D eigenvalue weighted by Crippen LogP contribution is -2.62. The van der Waals surface area contributed by atoms with Crippen LogP contribution in [0.2, 0.25) is 0 Å². The van der Waals surface area contributed by atoms with Crippen LogP contribution >= 0.6 is 0 Å². The van der Waals surface area contributed by atoms with Gasteiger partial charge in [0.15, 0.2) is 0 Å². The molecule has 3 N–H and O–H groups in total. The predicted octanol–water partition coefficient (Wildman–Crippen LogP) is 5.99. The standard InChI is InChI=1S/C25H41NO4/c1-21(2,3)16-12-15(20(28)29)17(18(19(16)27)22(4,5)6)25(11)13-23(7,8)26(30)24(9,10)14-25/h12,27,30H,13-14H2,1-11H3,(H,28,29). The first-order valence-corrected chi connectivity index (χ1v) is 10.8. The first-order valence-electron chi connectivity index (χ1n) is 10.8. The number of rotatable bonds is 2. The topological polar surface area (TPSA) is 81.0 Å². The lowest BCUT2D eigenvalue weighted by atomic mass is 9.59. The Morgan fingerprint density at radius 2 is 1.37 bits per heavy atom. The van der Waals surface area contributed by atoms with Gasteiger partial charge in [-0.3, -0.25) is 0 Å². The Morgan fingerprint density at radius 3 is 1.70 bits per heavy atom. The first-order chi connectivity index (χ1) is 13.2. The molecule has 1 aromatic carbocycles. The molecule has 0 atom stereocenters. The van der Waals surface area contributed by atoms with Crippen molar-refractivity contribution in [2.45, 2.75) is 116 Å². The lowest BCUT2D eigenvalue weighted by Gasteiger charge is -2.56. The zero-order chi connectivity index (χ0) is 23.7. The van der Waals surface area contributed by atoms with Crippen molar-refractivity contribution >= 4 is 5.97 Å². The van der Waals surface area contributed by atoms with Gasteiger partial charge < -0.3 is 15.4 Å². The van der Waals surface area contributed by atoms with E-state index < -0.39 is 33.3 Å². The number of carboxylic acids is 1. The molecule has 5 nitrogen and oxygen atoms in total. The minimum atomic E-state index is -0.982. The van der Waals surface area contributed by atoms with Crippen molar-refractivity contribution in [1.82, 2.24) is 5.06 Å². The van der Waals surface area contributed by atoms with Crippen LogP contribution in [0, 0.1) is 0 Å². The van der Waals surface area contributed by atoms with Gasteiger partial charge in [0.05, 0.1) is 5.56 Å². The van der Waals surface area contributed by atoms with Crippen molar-refractivity contribution < 1.29 is 20.2 Å². The Bertz CT molecular complexity index is 835. The molecule has 2 rings (SSSR count). The number of hydroxylamine groups is 2. The molecule has 1 aromatic rings. The quantitative estimate of drug-likeness (QED) is 0.549. The van der Waals surface area contributed by atoms with Gasteiger partial charge in [0, 0.05) is 22.2 Å². The summed E-state index contributed by atoms with van der Waals surface area (Å²) in [7, 11) is 0. The summed E-state index contributed by atoms with van der Waals surface area (Å²) < 4.78 is 0. The minimum Gasteiger partial charge on any atom is -0.507 e.